The van der Waals surface area contributed by atoms with Crippen LogP contribution in [0.15, 0.2) is 12.2 Å². The van der Waals surface area contributed by atoms with E-state index in [2.05, 4.69) is 13.5 Å². The molecule has 0 rings (SSSR count). The predicted octanol–water partition coefficient (Wildman–Crippen LogP) is 3.63. The van der Waals surface area contributed by atoms with Crippen LogP contribution in [0.25, 0.3) is 0 Å². The molecule has 2 nitrogen and oxygen atoms in total. The molecule has 0 spiro atoms. The summed E-state index contributed by atoms with van der Waals surface area (Å²) in [6.45, 7) is 8.61. The highest BCUT2D eigenvalue weighted by atomic mass is 19.3. The van der Waals surface area contributed by atoms with Gasteiger partial charge in [-0.05, 0) is 26.2 Å². The lowest BCUT2D eigenvalue weighted by molar-refractivity contribution is -0.127. The van der Waals surface area contributed by atoms with Gasteiger partial charge in [-0.3, -0.25) is 4.79 Å². The minimum absolute atomic E-state index is 0.0597. The molecule has 0 atom stereocenters. The van der Waals surface area contributed by atoms with E-state index in [1.807, 2.05) is 0 Å². The number of alkyl halides is 2. The summed E-state index contributed by atoms with van der Waals surface area (Å²) in [4.78, 5) is 13.5. The highest BCUT2D eigenvalue weighted by Crippen LogP contribution is 2.09. The second-order valence-electron chi connectivity index (χ2n) is 4.31. The molecule has 0 bridgehead atoms. The Bertz CT molecular complexity index is 242. The van der Waals surface area contributed by atoms with Gasteiger partial charge in [0.25, 0.3) is 0 Å². The molecule has 0 N–H and O–H groups in total. The third-order valence-electron chi connectivity index (χ3n) is 2.53. The van der Waals surface area contributed by atoms with Crippen LogP contribution in [-0.4, -0.2) is 30.3 Å². The zero-order valence-electron chi connectivity index (χ0n) is 10.8. The molecule has 4 heteroatoms. The van der Waals surface area contributed by atoms with Crippen LogP contribution in [0.4, 0.5) is 8.78 Å². The van der Waals surface area contributed by atoms with Crippen LogP contribution in [0.1, 0.15) is 46.0 Å². The van der Waals surface area contributed by atoms with Crippen LogP contribution in [0.5, 0.6) is 0 Å². The van der Waals surface area contributed by atoms with Crippen LogP contribution in [-0.2, 0) is 4.79 Å². The van der Waals surface area contributed by atoms with Gasteiger partial charge in [0.2, 0.25) is 12.3 Å². The zero-order valence-corrected chi connectivity index (χ0v) is 10.8. The standard InChI is InChI=1S/C13H23F2NO/c1-4-5-9-16(13(17)11(2)3)10-7-6-8-12(14)15/h12H,2,4-10H2,1,3H3. The van der Waals surface area contributed by atoms with Crippen LogP contribution < -0.4 is 0 Å². The predicted molar refractivity (Wildman–Crippen MR) is 66.2 cm³/mol. The van der Waals surface area contributed by atoms with Gasteiger partial charge in [0.15, 0.2) is 0 Å². The van der Waals surface area contributed by atoms with Crippen molar-refractivity contribution in [2.45, 2.75) is 52.4 Å². The van der Waals surface area contributed by atoms with Crippen molar-refractivity contribution in [3.8, 4) is 0 Å². The number of carbonyl (C=O) groups is 1. The van der Waals surface area contributed by atoms with Crippen molar-refractivity contribution in [2.24, 2.45) is 0 Å². The van der Waals surface area contributed by atoms with E-state index >= 15 is 0 Å². The largest absolute Gasteiger partial charge is 0.339 e. The highest BCUT2D eigenvalue weighted by Gasteiger charge is 2.13. The van der Waals surface area contributed by atoms with Gasteiger partial charge in [0.05, 0.1) is 0 Å². The van der Waals surface area contributed by atoms with Crippen LogP contribution in [0.2, 0.25) is 0 Å². The fourth-order valence-corrected chi connectivity index (χ4v) is 1.54. The molecule has 0 radical (unpaired) electrons. The summed E-state index contributed by atoms with van der Waals surface area (Å²) >= 11 is 0. The summed E-state index contributed by atoms with van der Waals surface area (Å²) in [5.41, 5.74) is 0.509. The third kappa shape index (κ3) is 7.88. The van der Waals surface area contributed by atoms with E-state index in [4.69, 9.17) is 0 Å². The van der Waals surface area contributed by atoms with Crippen LogP contribution in [0, 0.1) is 0 Å². The fraction of sp³-hybridized carbons (Fsp3) is 0.769. The molecule has 17 heavy (non-hydrogen) atoms. The summed E-state index contributed by atoms with van der Waals surface area (Å²) in [5.74, 6) is -0.0597. The Kier molecular flexibility index (Phi) is 8.64. The minimum atomic E-state index is -2.24. The lowest BCUT2D eigenvalue weighted by Gasteiger charge is -2.22. The number of unbranched alkanes of at least 4 members (excludes halogenated alkanes) is 2. The molecular weight excluding hydrogens is 224 g/mol. The quantitative estimate of drug-likeness (QED) is 0.450. The van der Waals surface area contributed by atoms with E-state index < -0.39 is 6.43 Å². The van der Waals surface area contributed by atoms with E-state index in [1.54, 1.807) is 11.8 Å². The Morgan fingerprint density at radius 1 is 1.24 bits per heavy atom. The first-order chi connectivity index (χ1) is 7.99. The monoisotopic (exact) mass is 247 g/mol. The molecule has 0 saturated carbocycles. The van der Waals surface area contributed by atoms with Gasteiger partial charge in [0.1, 0.15) is 0 Å². The molecule has 1 amide bonds. The molecule has 0 fully saturated rings. The van der Waals surface area contributed by atoms with Gasteiger partial charge in [-0.25, -0.2) is 8.78 Å². The summed E-state index contributed by atoms with van der Waals surface area (Å²) < 4.78 is 23.9. The Morgan fingerprint density at radius 3 is 2.29 bits per heavy atom. The highest BCUT2D eigenvalue weighted by molar-refractivity contribution is 5.92. The zero-order chi connectivity index (χ0) is 13.3. The van der Waals surface area contributed by atoms with Crippen molar-refractivity contribution in [1.29, 1.82) is 0 Å². The Labute approximate surface area is 103 Å². The molecule has 100 valence electrons. The maximum Gasteiger partial charge on any atom is 0.248 e. The molecule has 0 unspecified atom stereocenters. The first-order valence-corrected chi connectivity index (χ1v) is 6.22. The van der Waals surface area contributed by atoms with E-state index in [-0.39, 0.29) is 12.3 Å². The van der Waals surface area contributed by atoms with Crippen molar-refractivity contribution >= 4 is 5.91 Å². The van der Waals surface area contributed by atoms with Crippen LogP contribution >= 0.6 is 0 Å². The first kappa shape index (κ1) is 16.1. The SMILES string of the molecule is C=C(C)C(=O)N(CCCC)CCCCC(F)F. The molecule has 0 aliphatic carbocycles. The van der Waals surface area contributed by atoms with E-state index in [0.717, 1.165) is 12.8 Å². The number of hydrogen-bond acceptors (Lipinski definition) is 1. The summed E-state index contributed by atoms with van der Waals surface area (Å²) in [6, 6.07) is 0. The van der Waals surface area contributed by atoms with Crippen molar-refractivity contribution < 1.29 is 13.6 Å². The Balaban J connectivity index is 4.01. The average molecular weight is 247 g/mol. The van der Waals surface area contributed by atoms with Gasteiger partial charge >= 0.3 is 0 Å². The fourth-order valence-electron chi connectivity index (χ4n) is 1.54. The summed E-state index contributed by atoms with van der Waals surface area (Å²) in [5, 5.41) is 0. The molecule has 0 aliphatic heterocycles. The molecular formula is C13H23F2NO. The number of rotatable bonds is 9. The molecule has 0 aromatic carbocycles. The number of hydrogen-bond donors (Lipinski definition) is 0. The van der Waals surface area contributed by atoms with Crippen molar-refractivity contribution in [1.82, 2.24) is 4.90 Å². The maximum absolute atomic E-state index is 12.0. The molecule has 0 heterocycles. The van der Waals surface area contributed by atoms with Crippen molar-refractivity contribution in [3.05, 3.63) is 12.2 Å². The second kappa shape index (κ2) is 9.14. The average Bonchev–Trinajstić information content (AvgIpc) is 2.26. The van der Waals surface area contributed by atoms with Crippen LogP contribution in [0.3, 0.4) is 0 Å². The molecule has 0 aliphatic rings. The molecule has 0 aromatic heterocycles. The Hall–Kier alpha value is -0.930. The minimum Gasteiger partial charge on any atom is -0.339 e. The van der Waals surface area contributed by atoms with Gasteiger partial charge in [-0.15, -0.1) is 0 Å². The Morgan fingerprint density at radius 2 is 1.82 bits per heavy atom. The van der Waals surface area contributed by atoms with E-state index in [0.29, 0.717) is 31.5 Å². The van der Waals surface area contributed by atoms with Gasteiger partial charge in [-0.2, -0.15) is 0 Å². The second-order valence-corrected chi connectivity index (χ2v) is 4.31. The number of nitrogens with zero attached hydrogens (tertiary/aromatic N) is 1. The van der Waals surface area contributed by atoms with Gasteiger partial charge in [-0.1, -0.05) is 19.9 Å². The molecule has 0 saturated heterocycles. The number of amides is 1. The molecule has 0 aromatic rings. The van der Waals surface area contributed by atoms with E-state index in [1.165, 1.54) is 0 Å². The number of halogens is 2. The summed E-state index contributed by atoms with van der Waals surface area (Å²) in [7, 11) is 0. The third-order valence-corrected chi connectivity index (χ3v) is 2.53. The topological polar surface area (TPSA) is 20.3 Å². The lowest BCUT2D eigenvalue weighted by atomic mass is 10.2. The van der Waals surface area contributed by atoms with E-state index in [9.17, 15) is 13.6 Å². The normalized spacial score (nSPS) is 10.6. The van der Waals surface area contributed by atoms with Crippen molar-refractivity contribution in [3.63, 3.8) is 0 Å². The first-order valence-electron chi connectivity index (χ1n) is 6.22. The lowest BCUT2D eigenvalue weighted by Crippen LogP contribution is -2.33. The van der Waals surface area contributed by atoms with Gasteiger partial charge in [0, 0.05) is 25.1 Å². The smallest absolute Gasteiger partial charge is 0.248 e. The maximum atomic E-state index is 12.0. The van der Waals surface area contributed by atoms with Gasteiger partial charge < -0.3 is 4.90 Å². The van der Waals surface area contributed by atoms with Crippen molar-refractivity contribution in [2.75, 3.05) is 13.1 Å². The summed E-state index contributed by atoms with van der Waals surface area (Å²) in [6.07, 6.45) is 0.723. The number of carbonyl (C=O) groups excluding carboxylic acids is 1.